The van der Waals surface area contributed by atoms with E-state index >= 15 is 0 Å². The van der Waals surface area contributed by atoms with E-state index < -0.39 is 11.6 Å². The first-order valence-electron chi connectivity index (χ1n) is 7.57. The maximum atomic E-state index is 12.6. The van der Waals surface area contributed by atoms with Crippen molar-refractivity contribution in [1.29, 1.82) is 0 Å². The second-order valence-electron chi connectivity index (χ2n) is 5.73. The fourth-order valence-electron chi connectivity index (χ4n) is 2.24. The van der Waals surface area contributed by atoms with Crippen molar-refractivity contribution in [1.82, 2.24) is 0 Å². The number of benzene rings is 2. The van der Waals surface area contributed by atoms with Gasteiger partial charge in [0.05, 0.1) is 13.4 Å². The standard InChI is InChI=1S/C20H20O4/c1-20(2,18(21)16-12-8-5-9-13-16)24-19(22)17(14-23-3)15-10-6-4-7-11-15/h4-14H,1-3H3. The van der Waals surface area contributed by atoms with E-state index in [1.807, 2.05) is 24.3 Å². The number of rotatable bonds is 6. The van der Waals surface area contributed by atoms with E-state index in [9.17, 15) is 9.59 Å². The third-order valence-electron chi connectivity index (χ3n) is 3.47. The molecule has 0 radical (unpaired) electrons. The fraction of sp³-hybridized carbons (Fsp3) is 0.200. The van der Waals surface area contributed by atoms with Crippen LogP contribution in [0.1, 0.15) is 29.8 Å². The van der Waals surface area contributed by atoms with Crippen LogP contribution in [0.15, 0.2) is 66.9 Å². The zero-order chi connectivity index (χ0) is 17.6. The summed E-state index contributed by atoms with van der Waals surface area (Å²) in [4.78, 5) is 25.2. The molecule has 0 aliphatic heterocycles. The lowest BCUT2D eigenvalue weighted by Crippen LogP contribution is -2.37. The Morgan fingerprint density at radius 3 is 1.88 bits per heavy atom. The molecule has 4 nitrogen and oxygen atoms in total. The van der Waals surface area contributed by atoms with Crippen LogP contribution >= 0.6 is 0 Å². The molecule has 24 heavy (non-hydrogen) atoms. The molecule has 0 aromatic heterocycles. The molecule has 0 fully saturated rings. The minimum Gasteiger partial charge on any atom is -0.503 e. The summed E-state index contributed by atoms with van der Waals surface area (Å²) in [6.45, 7) is 3.16. The zero-order valence-electron chi connectivity index (χ0n) is 14.0. The average Bonchev–Trinajstić information content (AvgIpc) is 2.60. The van der Waals surface area contributed by atoms with Gasteiger partial charge < -0.3 is 9.47 Å². The molecular formula is C20H20O4. The number of esters is 1. The number of hydrogen-bond donors (Lipinski definition) is 0. The average molecular weight is 324 g/mol. The number of hydrogen-bond acceptors (Lipinski definition) is 4. The van der Waals surface area contributed by atoms with Crippen molar-refractivity contribution in [2.45, 2.75) is 19.4 Å². The van der Waals surface area contributed by atoms with Gasteiger partial charge in [-0.25, -0.2) is 4.79 Å². The summed E-state index contributed by atoms with van der Waals surface area (Å²) in [5, 5.41) is 0. The SMILES string of the molecule is COC=C(C(=O)OC(C)(C)C(=O)c1ccccc1)c1ccccc1. The Morgan fingerprint density at radius 1 is 0.875 bits per heavy atom. The topological polar surface area (TPSA) is 52.6 Å². The Kier molecular flexibility index (Phi) is 5.53. The van der Waals surface area contributed by atoms with Crippen molar-refractivity contribution in [3.63, 3.8) is 0 Å². The first-order valence-corrected chi connectivity index (χ1v) is 7.57. The maximum absolute atomic E-state index is 12.6. The monoisotopic (exact) mass is 324 g/mol. The molecule has 0 heterocycles. The van der Waals surface area contributed by atoms with Gasteiger partial charge in [-0.05, 0) is 19.4 Å². The molecule has 0 saturated heterocycles. The number of carbonyl (C=O) groups excluding carboxylic acids is 2. The highest BCUT2D eigenvalue weighted by molar-refractivity contribution is 6.17. The smallest absolute Gasteiger partial charge is 0.342 e. The van der Waals surface area contributed by atoms with Gasteiger partial charge in [-0.2, -0.15) is 0 Å². The molecule has 0 amide bonds. The number of Topliss-reactive ketones (excluding diaryl/α,β-unsaturated/α-hetero) is 1. The second kappa shape index (κ2) is 7.59. The van der Waals surface area contributed by atoms with E-state index in [0.29, 0.717) is 11.1 Å². The Hall–Kier alpha value is -2.88. The summed E-state index contributed by atoms with van der Waals surface area (Å²) in [6.07, 6.45) is 1.32. The molecule has 4 heteroatoms. The van der Waals surface area contributed by atoms with Gasteiger partial charge in [-0.3, -0.25) is 4.79 Å². The lowest BCUT2D eigenvalue weighted by molar-refractivity contribution is -0.145. The quantitative estimate of drug-likeness (QED) is 0.350. The van der Waals surface area contributed by atoms with E-state index in [0.717, 1.165) is 0 Å². The van der Waals surface area contributed by atoms with Crippen molar-refractivity contribution in [2.75, 3.05) is 7.11 Å². The fourth-order valence-corrected chi connectivity index (χ4v) is 2.24. The summed E-state index contributed by atoms with van der Waals surface area (Å²) >= 11 is 0. The molecule has 0 N–H and O–H groups in total. The summed E-state index contributed by atoms with van der Waals surface area (Å²) in [5.41, 5.74) is 0.117. The Balaban J connectivity index is 2.23. The highest BCUT2D eigenvalue weighted by atomic mass is 16.6. The van der Waals surface area contributed by atoms with Crippen LogP contribution in [0.2, 0.25) is 0 Å². The molecular weight excluding hydrogens is 304 g/mol. The molecule has 0 bridgehead atoms. The van der Waals surface area contributed by atoms with Gasteiger partial charge in [-0.15, -0.1) is 0 Å². The van der Waals surface area contributed by atoms with Gasteiger partial charge in [0, 0.05) is 5.56 Å². The normalized spacial score (nSPS) is 11.7. The van der Waals surface area contributed by atoms with Crippen LogP contribution in [0.25, 0.3) is 5.57 Å². The highest BCUT2D eigenvalue weighted by Gasteiger charge is 2.34. The molecule has 124 valence electrons. The Morgan fingerprint density at radius 2 is 1.38 bits per heavy atom. The van der Waals surface area contributed by atoms with Crippen LogP contribution in [-0.2, 0) is 14.3 Å². The van der Waals surface area contributed by atoms with Crippen LogP contribution in [0, 0.1) is 0 Å². The molecule has 0 unspecified atom stereocenters. The van der Waals surface area contributed by atoms with Crippen LogP contribution in [0.5, 0.6) is 0 Å². The number of carbonyl (C=O) groups is 2. The van der Waals surface area contributed by atoms with Crippen LogP contribution < -0.4 is 0 Å². The highest BCUT2D eigenvalue weighted by Crippen LogP contribution is 2.23. The van der Waals surface area contributed by atoms with E-state index in [4.69, 9.17) is 9.47 Å². The first kappa shape index (κ1) is 17.5. The molecule has 2 aromatic rings. The van der Waals surface area contributed by atoms with Gasteiger partial charge in [0.2, 0.25) is 5.78 Å². The van der Waals surface area contributed by atoms with Gasteiger partial charge in [-0.1, -0.05) is 60.7 Å². The molecule has 2 rings (SSSR count). The number of methoxy groups -OCH3 is 1. The Labute approximate surface area is 141 Å². The minimum absolute atomic E-state index is 0.257. The van der Waals surface area contributed by atoms with Crippen molar-refractivity contribution in [3.8, 4) is 0 Å². The van der Waals surface area contributed by atoms with Crippen molar-refractivity contribution >= 4 is 17.3 Å². The summed E-state index contributed by atoms with van der Waals surface area (Å²) < 4.78 is 10.5. The summed E-state index contributed by atoms with van der Waals surface area (Å²) in [5.74, 6) is -0.876. The van der Waals surface area contributed by atoms with Crippen molar-refractivity contribution in [3.05, 3.63) is 78.1 Å². The predicted molar refractivity (Wildman–Crippen MR) is 92.4 cm³/mol. The number of ketones is 1. The van der Waals surface area contributed by atoms with Gasteiger partial charge in [0.15, 0.2) is 5.60 Å². The van der Waals surface area contributed by atoms with Crippen molar-refractivity contribution in [2.24, 2.45) is 0 Å². The van der Waals surface area contributed by atoms with Gasteiger partial charge in [0.25, 0.3) is 0 Å². The Bertz CT molecular complexity index is 731. The van der Waals surface area contributed by atoms with Crippen LogP contribution in [0.4, 0.5) is 0 Å². The maximum Gasteiger partial charge on any atom is 0.342 e. The first-order chi connectivity index (χ1) is 11.5. The van der Waals surface area contributed by atoms with E-state index in [1.165, 1.54) is 13.4 Å². The lowest BCUT2D eigenvalue weighted by atomic mass is 9.96. The largest absolute Gasteiger partial charge is 0.503 e. The zero-order valence-corrected chi connectivity index (χ0v) is 14.0. The van der Waals surface area contributed by atoms with E-state index in [2.05, 4.69) is 0 Å². The lowest BCUT2D eigenvalue weighted by Gasteiger charge is -2.24. The molecule has 0 saturated carbocycles. The summed E-state index contributed by atoms with van der Waals surface area (Å²) in [6, 6.07) is 17.8. The molecule has 0 spiro atoms. The van der Waals surface area contributed by atoms with Crippen LogP contribution in [0.3, 0.4) is 0 Å². The van der Waals surface area contributed by atoms with Gasteiger partial charge >= 0.3 is 5.97 Å². The molecule has 0 aliphatic rings. The third kappa shape index (κ3) is 4.10. The van der Waals surface area contributed by atoms with E-state index in [-0.39, 0.29) is 11.4 Å². The molecule has 2 aromatic carbocycles. The third-order valence-corrected chi connectivity index (χ3v) is 3.47. The van der Waals surface area contributed by atoms with Crippen LogP contribution in [-0.4, -0.2) is 24.5 Å². The second-order valence-corrected chi connectivity index (χ2v) is 5.73. The summed E-state index contributed by atoms with van der Waals surface area (Å²) in [7, 11) is 1.45. The van der Waals surface area contributed by atoms with Gasteiger partial charge in [0.1, 0.15) is 5.57 Å². The van der Waals surface area contributed by atoms with Crippen molar-refractivity contribution < 1.29 is 19.1 Å². The molecule has 0 atom stereocenters. The van der Waals surface area contributed by atoms with E-state index in [1.54, 1.807) is 50.2 Å². The molecule has 0 aliphatic carbocycles. The minimum atomic E-state index is -1.29. The predicted octanol–water partition coefficient (Wildman–Crippen LogP) is 3.88. The number of ether oxygens (including phenoxy) is 2.